The standard InChI is InChI=1S/C27H24F2N4O2/c1-15-10-11-20-23(26(15)34)25(31-17-6-3-2-4-7-17)24(32-20)16-12-13-30-21(14-16)33-27(35)22-18(28)8-5-9-19(22)29/h2-9,12,14-15,30-32H,10-11,13H2,1H3,(H,33,35). The second-order valence-electron chi connectivity index (χ2n) is 8.67. The molecule has 0 fully saturated rings. The smallest absolute Gasteiger partial charge is 0.262 e. The first-order valence-electron chi connectivity index (χ1n) is 11.4. The molecule has 1 amide bonds. The molecule has 2 aliphatic rings. The number of nitrogens with one attached hydrogen (secondary N) is 4. The van der Waals surface area contributed by atoms with E-state index < -0.39 is 23.1 Å². The molecule has 1 aliphatic heterocycles. The number of anilines is 2. The first kappa shape index (κ1) is 22.6. The van der Waals surface area contributed by atoms with Gasteiger partial charge in [-0.15, -0.1) is 0 Å². The summed E-state index contributed by atoms with van der Waals surface area (Å²) in [6, 6.07) is 12.8. The normalized spacial score (nSPS) is 17.1. The number of benzene rings is 2. The van der Waals surface area contributed by atoms with Crippen LogP contribution in [-0.2, 0) is 6.42 Å². The van der Waals surface area contributed by atoms with Gasteiger partial charge in [-0.05, 0) is 43.2 Å². The number of halogens is 2. The molecule has 0 saturated heterocycles. The lowest BCUT2D eigenvalue weighted by atomic mass is 9.86. The molecule has 1 aromatic heterocycles. The molecule has 4 N–H and O–H groups in total. The molecule has 0 bridgehead atoms. The topological polar surface area (TPSA) is 86.0 Å². The van der Waals surface area contributed by atoms with Crippen LogP contribution in [0.5, 0.6) is 0 Å². The number of dihydropyridines is 1. The second kappa shape index (κ2) is 9.21. The number of carbonyl (C=O) groups excluding carboxylic acids is 2. The van der Waals surface area contributed by atoms with E-state index in [4.69, 9.17) is 0 Å². The van der Waals surface area contributed by atoms with Crippen molar-refractivity contribution in [3.63, 3.8) is 0 Å². The van der Waals surface area contributed by atoms with Gasteiger partial charge in [0.2, 0.25) is 0 Å². The molecule has 1 aliphatic carbocycles. The van der Waals surface area contributed by atoms with Crippen LogP contribution >= 0.6 is 0 Å². The van der Waals surface area contributed by atoms with Crippen molar-refractivity contribution in [2.75, 3.05) is 11.9 Å². The Morgan fingerprint density at radius 1 is 1.06 bits per heavy atom. The first-order chi connectivity index (χ1) is 16.9. The molecule has 8 heteroatoms. The zero-order chi connectivity index (χ0) is 24.5. The molecule has 1 unspecified atom stereocenters. The summed E-state index contributed by atoms with van der Waals surface area (Å²) in [6.45, 7) is 2.31. The Bertz CT molecular complexity index is 1360. The number of H-pyrrole nitrogens is 1. The first-order valence-corrected chi connectivity index (χ1v) is 11.4. The van der Waals surface area contributed by atoms with E-state index in [0.29, 0.717) is 29.3 Å². The molecule has 0 spiro atoms. The summed E-state index contributed by atoms with van der Waals surface area (Å²) in [4.78, 5) is 29.1. The van der Waals surface area contributed by atoms with Crippen LogP contribution in [0.4, 0.5) is 20.2 Å². The lowest BCUT2D eigenvalue weighted by Gasteiger charge is -2.19. The van der Waals surface area contributed by atoms with Crippen molar-refractivity contribution in [1.29, 1.82) is 0 Å². The van der Waals surface area contributed by atoms with Crippen LogP contribution in [0, 0.1) is 17.6 Å². The molecule has 0 radical (unpaired) electrons. The van der Waals surface area contributed by atoms with Gasteiger partial charge in [-0.1, -0.05) is 37.3 Å². The third-order valence-electron chi connectivity index (χ3n) is 6.28. The van der Waals surface area contributed by atoms with Crippen molar-refractivity contribution in [2.24, 2.45) is 5.92 Å². The van der Waals surface area contributed by atoms with Gasteiger partial charge in [0.15, 0.2) is 5.78 Å². The number of amides is 1. The van der Waals surface area contributed by atoms with Gasteiger partial charge in [0.05, 0.1) is 16.9 Å². The Balaban J connectivity index is 1.50. The van der Waals surface area contributed by atoms with Gasteiger partial charge in [0, 0.05) is 29.4 Å². The summed E-state index contributed by atoms with van der Waals surface area (Å²) in [5, 5.41) is 8.96. The molecule has 2 aromatic carbocycles. The Labute approximate surface area is 201 Å². The number of Topliss-reactive ketones (excluding diaryl/α,β-unsaturated/α-hetero) is 1. The summed E-state index contributed by atoms with van der Waals surface area (Å²) in [5.74, 6) is -2.46. The van der Waals surface area contributed by atoms with E-state index in [-0.39, 0.29) is 11.7 Å². The lowest BCUT2D eigenvalue weighted by molar-refractivity contribution is 0.0913. The highest BCUT2D eigenvalue weighted by molar-refractivity contribution is 6.08. The molecule has 178 valence electrons. The molecule has 2 heterocycles. The summed E-state index contributed by atoms with van der Waals surface area (Å²) in [6.07, 6.45) is 5.11. The van der Waals surface area contributed by atoms with Crippen LogP contribution in [0.1, 0.15) is 45.4 Å². The molecular weight excluding hydrogens is 450 g/mol. The van der Waals surface area contributed by atoms with Crippen molar-refractivity contribution < 1.29 is 18.4 Å². The third kappa shape index (κ3) is 4.35. The molecule has 5 rings (SSSR count). The summed E-state index contributed by atoms with van der Waals surface area (Å²) < 4.78 is 28.1. The summed E-state index contributed by atoms with van der Waals surface area (Å²) >= 11 is 0. The number of aryl methyl sites for hydroxylation is 1. The van der Waals surface area contributed by atoms with E-state index in [2.05, 4.69) is 20.9 Å². The highest BCUT2D eigenvalue weighted by atomic mass is 19.1. The van der Waals surface area contributed by atoms with Crippen LogP contribution in [0.2, 0.25) is 0 Å². The van der Waals surface area contributed by atoms with E-state index in [1.165, 1.54) is 6.07 Å². The number of aromatic amines is 1. The molecule has 35 heavy (non-hydrogen) atoms. The van der Waals surface area contributed by atoms with Crippen molar-refractivity contribution in [3.05, 3.63) is 101 Å². The lowest BCUT2D eigenvalue weighted by Crippen LogP contribution is -2.34. The third-order valence-corrected chi connectivity index (χ3v) is 6.28. The Kier molecular flexibility index (Phi) is 5.94. The molecule has 6 nitrogen and oxygen atoms in total. The van der Waals surface area contributed by atoms with E-state index in [1.807, 2.05) is 43.3 Å². The molecule has 1 atom stereocenters. The second-order valence-corrected chi connectivity index (χ2v) is 8.67. The van der Waals surface area contributed by atoms with Crippen LogP contribution < -0.4 is 16.0 Å². The number of allylic oxidation sites excluding steroid dienone is 2. The van der Waals surface area contributed by atoms with Gasteiger partial charge in [-0.3, -0.25) is 9.59 Å². The van der Waals surface area contributed by atoms with Gasteiger partial charge < -0.3 is 20.9 Å². The van der Waals surface area contributed by atoms with Gasteiger partial charge in [-0.2, -0.15) is 0 Å². The highest BCUT2D eigenvalue weighted by Crippen LogP contribution is 2.39. The Hall–Kier alpha value is -4.20. The predicted octanol–water partition coefficient (Wildman–Crippen LogP) is 5.06. The Morgan fingerprint density at radius 3 is 2.54 bits per heavy atom. The van der Waals surface area contributed by atoms with Crippen molar-refractivity contribution in [2.45, 2.75) is 19.8 Å². The van der Waals surface area contributed by atoms with Crippen LogP contribution in [0.3, 0.4) is 0 Å². The van der Waals surface area contributed by atoms with Crippen LogP contribution in [0.15, 0.2) is 66.5 Å². The largest absolute Gasteiger partial charge is 0.368 e. The minimum Gasteiger partial charge on any atom is -0.368 e. The molecular formula is C27H24F2N4O2. The fourth-order valence-corrected chi connectivity index (χ4v) is 4.45. The minimum absolute atomic E-state index is 0.0780. The minimum atomic E-state index is -0.936. The number of para-hydroxylation sites is 1. The van der Waals surface area contributed by atoms with Gasteiger partial charge in [0.1, 0.15) is 23.0 Å². The average molecular weight is 475 g/mol. The maximum atomic E-state index is 14.1. The maximum Gasteiger partial charge on any atom is 0.262 e. The fraction of sp³-hybridized carbons (Fsp3) is 0.185. The number of ketones is 1. The van der Waals surface area contributed by atoms with E-state index in [0.717, 1.165) is 41.9 Å². The Morgan fingerprint density at radius 2 is 1.80 bits per heavy atom. The van der Waals surface area contributed by atoms with E-state index >= 15 is 0 Å². The van der Waals surface area contributed by atoms with E-state index in [1.54, 1.807) is 6.08 Å². The molecule has 3 aromatic rings. The van der Waals surface area contributed by atoms with Crippen LogP contribution in [0.25, 0.3) is 5.57 Å². The zero-order valence-corrected chi connectivity index (χ0v) is 19.0. The molecule has 0 saturated carbocycles. The SMILES string of the molecule is CC1CCc2[nH]c(C3=CCNC(NC(=O)c4c(F)cccc4F)=C3)c(Nc3ccccc3)c2C1=O. The number of hydrogen-bond donors (Lipinski definition) is 4. The quantitative estimate of drug-likeness (QED) is 0.417. The number of carbonyl (C=O) groups is 2. The fourth-order valence-electron chi connectivity index (χ4n) is 4.45. The van der Waals surface area contributed by atoms with Crippen molar-refractivity contribution in [3.8, 4) is 0 Å². The number of aromatic nitrogens is 1. The van der Waals surface area contributed by atoms with Gasteiger partial charge in [-0.25, -0.2) is 8.78 Å². The average Bonchev–Trinajstić information content (AvgIpc) is 3.21. The summed E-state index contributed by atoms with van der Waals surface area (Å²) in [5.41, 5.74) is 3.84. The summed E-state index contributed by atoms with van der Waals surface area (Å²) in [7, 11) is 0. The predicted molar refractivity (Wildman–Crippen MR) is 130 cm³/mol. The van der Waals surface area contributed by atoms with Crippen molar-refractivity contribution in [1.82, 2.24) is 15.6 Å². The number of rotatable bonds is 5. The van der Waals surface area contributed by atoms with Gasteiger partial charge in [0.25, 0.3) is 5.91 Å². The number of fused-ring (bicyclic) bond motifs is 1. The monoisotopic (exact) mass is 474 g/mol. The number of hydrogen-bond acceptors (Lipinski definition) is 4. The van der Waals surface area contributed by atoms with E-state index in [9.17, 15) is 18.4 Å². The van der Waals surface area contributed by atoms with Crippen LogP contribution in [-0.4, -0.2) is 23.2 Å². The van der Waals surface area contributed by atoms with Gasteiger partial charge >= 0.3 is 0 Å². The van der Waals surface area contributed by atoms with Crippen molar-refractivity contribution >= 4 is 28.6 Å². The maximum absolute atomic E-state index is 14.1. The highest BCUT2D eigenvalue weighted by Gasteiger charge is 2.31. The zero-order valence-electron chi connectivity index (χ0n) is 19.0.